The van der Waals surface area contributed by atoms with Gasteiger partial charge in [-0.15, -0.1) is 22.7 Å². The van der Waals surface area contributed by atoms with Crippen molar-refractivity contribution in [1.82, 2.24) is 4.98 Å². The van der Waals surface area contributed by atoms with Crippen molar-refractivity contribution in [3.05, 3.63) is 222 Å². The Labute approximate surface area is 393 Å². The van der Waals surface area contributed by atoms with Crippen LogP contribution in [0.2, 0.25) is 0 Å². The molecule has 0 radical (unpaired) electrons. The number of nitrogens with one attached hydrogen (secondary N) is 1. The Morgan fingerprint density at radius 1 is 0.409 bits per heavy atom. The lowest BCUT2D eigenvalue weighted by atomic mass is 9.89. The normalized spacial score (nSPS) is 12.4. The molecule has 0 aliphatic heterocycles. The SMILES string of the molecule is C1=C(c2cccc3[nH]c4c(-c5ccccc5)cccc4c23)CCc2c1sc1cc(N(c3ccc(-c4ccccc4)cc3)c3ccc(-c4cccc5sc6ccccc6c45)cc3)ccc21.CC. The second-order valence-corrected chi connectivity index (χ2v) is 19.0. The van der Waals surface area contributed by atoms with E-state index in [-0.39, 0.29) is 0 Å². The van der Waals surface area contributed by atoms with Crippen LogP contribution in [-0.4, -0.2) is 4.98 Å². The van der Waals surface area contributed by atoms with Crippen molar-refractivity contribution in [2.24, 2.45) is 0 Å². The number of fused-ring (bicyclic) bond motifs is 9. The maximum atomic E-state index is 3.81. The molecular formula is C62H46N2S2. The van der Waals surface area contributed by atoms with Gasteiger partial charge in [-0.25, -0.2) is 0 Å². The van der Waals surface area contributed by atoms with Crippen molar-refractivity contribution < 1.29 is 0 Å². The number of rotatable bonds is 7. The summed E-state index contributed by atoms with van der Waals surface area (Å²) in [6.45, 7) is 4.00. The van der Waals surface area contributed by atoms with Crippen LogP contribution in [-0.2, 0) is 6.42 Å². The first-order valence-electron chi connectivity index (χ1n) is 23.0. The molecule has 1 N–H and O–H groups in total. The molecule has 9 aromatic carbocycles. The number of anilines is 3. The molecule has 0 saturated heterocycles. The van der Waals surface area contributed by atoms with E-state index in [1.54, 1.807) is 0 Å². The smallest absolute Gasteiger partial charge is 0.0544 e. The highest BCUT2D eigenvalue weighted by atomic mass is 32.1. The first-order valence-corrected chi connectivity index (χ1v) is 24.7. The third-order valence-electron chi connectivity index (χ3n) is 13.2. The van der Waals surface area contributed by atoms with Gasteiger partial charge in [-0.1, -0.05) is 166 Å². The Hall–Kier alpha value is -7.50. The van der Waals surface area contributed by atoms with E-state index >= 15 is 0 Å². The van der Waals surface area contributed by atoms with Crippen LogP contribution in [0.1, 0.15) is 36.3 Å². The number of thiophene rings is 2. The summed E-state index contributed by atoms with van der Waals surface area (Å²) in [5.41, 5.74) is 17.4. The number of hydrogen-bond acceptors (Lipinski definition) is 3. The highest BCUT2D eigenvalue weighted by Crippen LogP contribution is 2.46. The molecule has 13 rings (SSSR count). The van der Waals surface area contributed by atoms with Gasteiger partial charge in [0.05, 0.1) is 5.52 Å². The number of aryl methyl sites for hydroxylation is 1. The average Bonchev–Trinajstić information content (AvgIpc) is 4.09. The lowest BCUT2D eigenvalue weighted by molar-refractivity contribution is 1.02. The van der Waals surface area contributed by atoms with Crippen molar-refractivity contribution in [3.8, 4) is 33.4 Å². The van der Waals surface area contributed by atoms with Crippen LogP contribution in [0, 0.1) is 0 Å². The fourth-order valence-corrected chi connectivity index (χ4v) is 12.5. The largest absolute Gasteiger partial charge is 0.354 e. The van der Waals surface area contributed by atoms with E-state index in [1.165, 1.54) is 107 Å². The highest BCUT2D eigenvalue weighted by molar-refractivity contribution is 7.26. The predicted molar refractivity (Wildman–Crippen MR) is 289 cm³/mol. The highest BCUT2D eigenvalue weighted by Gasteiger charge is 2.22. The Morgan fingerprint density at radius 3 is 1.79 bits per heavy atom. The lowest BCUT2D eigenvalue weighted by Crippen LogP contribution is -2.09. The lowest BCUT2D eigenvalue weighted by Gasteiger charge is -2.26. The number of allylic oxidation sites excluding steroid dienone is 1. The summed E-state index contributed by atoms with van der Waals surface area (Å²) in [5.74, 6) is 0. The van der Waals surface area contributed by atoms with Crippen LogP contribution in [0.5, 0.6) is 0 Å². The summed E-state index contributed by atoms with van der Waals surface area (Å²) in [7, 11) is 0. The molecule has 0 bridgehead atoms. The molecule has 0 fully saturated rings. The second kappa shape index (κ2) is 16.8. The fourth-order valence-electron chi connectivity index (χ4n) is 10.2. The molecule has 3 aromatic heterocycles. The van der Waals surface area contributed by atoms with E-state index < -0.39 is 0 Å². The molecule has 0 atom stereocenters. The van der Waals surface area contributed by atoms with Gasteiger partial charge in [-0.05, 0) is 123 Å². The zero-order valence-electron chi connectivity index (χ0n) is 36.9. The predicted octanol–water partition coefficient (Wildman–Crippen LogP) is 18.9. The minimum Gasteiger partial charge on any atom is -0.354 e. The Bertz CT molecular complexity index is 3760. The number of nitrogens with zero attached hydrogens (tertiary/aromatic N) is 1. The molecule has 0 saturated carbocycles. The topological polar surface area (TPSA) is 19.0 Å². The van der Waals surface area contributed by atoms with Gasteiger partial charge in [-0.2, -0.15) is 0 Å². The number of hydrogen-bond donors (Lipinski definition) is 1. The number of aromatic amines is 1. The maximum Gasteiger partial charge on any atom is 0.0544 e. The third kappa shape index (κ3) is 6.84. The third-order valence-corrected chi connectivity index (χ3v) is 15.5. The summed E-state index contributed by atoms with van der Waals surface area (Å²) in [5, 5.41) is 6.62. The molecule has 0 unspecified atom stereocenters. The molecule has 1 aliphatic rings. The van der Waals surface area contributed by atoms with Gasteiger partial charge in [-0.3, -0.25) is 0 Å². The zero-order valence-corrected chi connectivity index (χ0v) is 38.5. The quantitative estimate of drug-likeness (QED) is 0.169. The van der Waals surface area contributed by atoms with Gasteiger partial charge in [0.1, 0.15) is 0 Å². The molecule has 4 heteroatoms. The van der Waals surface area contributed by atoms with Crippen LogP contribution >= 0.6 is 22.7 Å². The van der Waals surface area contributed by atoms with Gasteiger partial charge < -0.3 is 9.88 Å². The van der Waals surface area contributed by atoms with Crippen molar-refractivity contribution in [2.45, 2.75) is 26.7 Å². The van der Waals surface area contributed by atoms with E-state index in [0.29, 0.717) is 0 Å². The van der Waals surface area contributed by atoms with Gasteiger partial charge in [0, 0.05) is 68.7 Å². The van der Waals surface area contributed by atoms with Gasteiger partial charge in [0.2, 0.25) is 0 Å². The van der Waals surface area contributed by atoms with Gasteiger partial charge >= 0.3 is 0 Å². The van der Waals surface area contributed by atoms with E-state index in [9.17, 15) is 0 Å². The molecule has 66 heavy (non-hydrogen) atoms. The number of para-hydroxylation sites is 1. The molecule has 3 heterocycles. The van der Waals surface area contributed by atoms with Crippen LogP contribution in [0.3, 0.4) is 0 Å². The number of aromatic nitrogens is 1. The monoisotopic (exact) mass is 882 g/mol. The molecule has 1 aliphatic carbocycles. The first-order chi connectivity index (χ1) is 32.7. The first kappa shape index (κ1) is 40.0. The van der Waals surface area contributed by atoms with Crippen molar-refractivity contribution in [3.63, 3.8) is 0 Å². The molecule has 12 aromatic rings. The number of H-pyrrole nitrogens is 1. The fraction of sp³-hybridized carbons (Fsp3) is 0.0645. The standard InChI is InChI=1S/C60H40N2S2.C2H6/c1-3-12-38(13-4-1)39-24-29-43(30-25-39)62(44-31-26-41(27-32-44)46-18-11-23-55-59(46)51-16-7-8-22-54(51)63-55)45-33-35-50-49-34-28-42(36-56(49)64-57(50)37-45)47-17-10-21-53-58(47)52-20-9-19-48(60(52)61-53)40-14-5-2-6-15-40;1-2/h1-27,29-33,35-37,61H,28,34H2;1-2H3. The summed E-state index contributed by atoms with van der Waals surface area (Å²) in [6, 6.07) is 75.6. The van der Waals surface area contributed by atoms with Crippen LogP contribution in [0.25, 0.3) is 97.1 Å². The second-order valence-electron chi connectivity index (χ2n) is 16.8. The van der Waals surface area contributed by atoms with Crippen molar-refractivity contribution >= 4 is 103 Å². The zero-order chi connectivity index (χ0) is 44.1. The van der Waals surface area contributed by atoms with Crippen molar-refractivity contribution in [1.29, 1.82) is 0 Å². The maximum absolute atomic E-state index is 3.81. The molecule has 316 valence electrons. The average molecular weight is 883 g/mol. The summed E-state index contributed by atoms with van der Waals surface area (Å²) in [4.78, 5) is 7.60. The molecular weight excluding hydrogens is 837 g/mol. The molecule has 0 spiro atoms. The minimum atomic E-state index is 1.01. The Balaban J connectivity index is 0.00000225. The van der Waals surface area contributed by atoms with Gasteiger partial charge in [0.15, 0.2) is 0 Å². The van der Waals surface area contributed by atoms with E-state index in [1.807, 2.05) is 36.5 Å². The Morgan fingerprint density at radius 2 is 1.00 bits per heavy atom. The van der Waals surface area contributed by atoms with Crippen LogP contribution < -0.4 is 4.90 Å². The number of benzene rings is 9. The van der Waals surface area contributed by atoms with Crippen LogP contribution in [0.15, 0.2) is 206 Å². The summed E-state index contributed by atoms with van der Waals surface area (Å²) >= 11 is 3.79. The minimum absolute atomic E-state index is 1.01. The Kier molecular flexibility index (Phi) is 10.2. The molecule has 0 amide bonds. The van der Waals surface area contributed by atoms with E-state index in [4.69, 9.17) is 0 Å². The van der Waals surface area contributed by atoms with Gasteiger partial charge in [0.25, 0.3) is 0 Å². The summed E-state index contributed by atoms with van der Waals surface area (Å²) < 4.78 is 3.97. The van der Waals surface area contributed by atoms with Crippen molar-refractivity contribution in [2.75, 3.05) is 4.90 Å². The van der Waals surface area contributed by atoms with E-state index in [0.717, 1.165) is 29.9 Å². The molecule has 2 nitrogen and oxygen atoms in total. The van der Waals surface area contributed by atoms with E-state index in [2.05, 4.69) is 222 Å². The summed E-state index contributed by atoms with van der Waals surface area (Å²) in [6.07, 6.45) is 4.51. The van der Waals surface area contributed by atoms with Crippen LogP contribution in [0.4, 0.5) is 17.1 Å².